The molecule has 6 heteroatoms. The molecule has 5 N–H and O–H groups in total. The quantitative estimate of drug-likeness (QED) is 0.341. The molecule has 0 saturated heterocycles. The molecule has 0 unspecified atom stereocenters. The average Bonchev–Trinajstić information content (AvgIpc) is 1.61. The van der Waals surface area contributed by atoms with Gasteiger partial charge in [0.1, 0.15) is 6.54 Å². The highest BCUT2D eigenvalue weighted by molar-refractivity contribution is 5.85. The largest absolute Gasteiger partial charge is 0.480 e. The maximum atomic E-state index is 9.69. The van der Waals surface area contributed by atoms with Crippen molar-refractivity contribution in [3.63, 3.8) is 0 Å². The van der Waals surface area contributed by atoms with E-state index >= 15 is 0 Å². The van der Waals surface area contributed by atoms with Gasteiger partial charge < -0.3 is 16.6 Å². The maximum absolute atomic E-state index is 9.69. The first kappa shape index (κ1) is 10.9. The number of rotatable bonds is 2. The Kier molecular flexibility index (Phi) is 6.27. The number of carboxylic acids is 1. The topological polar surface area (TPSA) is 102 Å². The molecule has 0 aliphatic rings. The number of aliphatic carboxylic acids is 1. The van der Waals surface area contributed by atoms with E-state index in [1.54, 1.807) is 0 Å². The molecular weight excluding hydrogens is 146 g/mol. The number of nitrogens with two attached hydrogens (primary N) is 2. The van der Waals surface area contributed by atoms with Crippen molar-refractivity contribution < 1.29 is 9.90 Å². The molecule has 0 aliphatic heterocycles. The molecule has 9 heavy (non-hydrogen) atoms. The molecule has 54 valence electrons. The standard InChI is InChI=1S/C3H7N3O2.ClH/c4-3(5)6-1-2(7)8;/h1H2,(H,7,8)(H4,4,5,6);1H. The Hall–Kier alpha value is -0.970. The van der Waals surface area contributed by atoms with Crippen LogP contribution in [0.25, 0.3) is 0 Å². The lowest BCUT2D eigenvalue weighted by Crippen LogP contribution is -2.24. The summed E-state index contributed by atoms with van der Waals surface area (Å²) in [6, 6.07) is 0. The number of hydrogen-bond donors (Lipinski definition) is 3. The van der Waals surface area contributed by atoms with Crippen LogP contribution in [0.4, 0.5) is 0 Å². The minimum atomic E-state index is -1.04. The van der Waals surface area contributed by atoms with Gasteiger partial charge in [0.05, 0.1) is 0 Å². The van der Waals surface area contributed by atoms with Crippen molar-refractivity contribution in [3.05, 3.63) is 0 Å². The van der Waals surface area contributed by atoms with Gasteiger partial charge in [0.2, 0.25) is 0 Å². The van der Waals surface area contributed by atoms with E-state index in [9.17, 15) is 4.79 Å². The van der Waals surface area contributed by atoms with Crippen LogP contribution in [0.5, 0.6) is 0 Å². The second-order valence-electron chi connectivity index (χ2n) is 1.13. The summed E-state index contributed by atoms with van der Waals surface area (Å²) in [7, 11) is 0. The molecular formula is C3H8ClN3O2. The number of guanidine groups is 1. The molecule has 0 aromatic carbocycles. The average molecular weight is 154 g/mol. The van der Waals surface area contributed by atoms with Crippen LogP contribution in [-0.2, 0) is 4.79 Å². The van der Waals surface area contributed by atoms with Gasteiger partial charge in [-0.15, -0.1) is 12.4 Å². The minimum absolute atomic E-state index is 0. The van der Waals surface area contributed by atoms with E-state index in [0.29, 0.717) is 0 Å². The van der Waals surface area contributed by atoms with E-state index in [-0.39, 0.29) is 24.9 Å². The fraction of sp³-hybridized carbons (Fsp3) is 0.333. The van der Waals surface area contributed by atoms with Crippen LogP contribution in [-0.4, -0.2) is 23.6 Å². The number of aliphatic imine (C=N–C) groups is 1. The Morgan fingerprint density at radius 3 is 2.11 bits per heavy atom. The molecule has 0 aromatic rings. The van der Waals surface area contributed by atoms with Crippen LogP contribution in [0, 0.1) is 0 Å². The first-order chi connectivity index (χ1) is 3.63. The SMILES string of the molecule is Cl.NC(N)=NCC(=O)O. The van der Waals surface area contributed by atoms with Crippen LogP contribution in [0.15, 0.2) is 4.99 Å². The molecule has 0 aromatic heterocycles. The van der Waals surface area contributed by atoms with Crippen molar-refractivity contribution in [2.75, 3.05) is 6.54 Å². The number of hydrogen-bond acceptors (Lipinski definition) is 2. The highest BCUT2D eigenvalue weighted by atomic mass is 35.5. The van der Waals surface area contributed by atoms with Gasteiger partial charge in [0.15, 0.2) is 5.96 Å². The predicted octanol–water partition coefficient (Wildman–Crippen LogP) is -1.23. The van der Waals surface area contributed by atoms with E-state index in [2.05, 4.69) is 4.99 Å². The molecule has 0 saturated carbocycles. The van der Waals surface area contributed by atoms with Crippen LogP contribution in [0.2, 0.25) is 0 Å². The smallest absolute Gasteiger partial charge is 0.325 e. The van der Waals surface area contributed by atoms with E-state index in [1.807, 2.05) is 0 Å². The van der Waals surface area contributed by atoms with Gasteiger partial charge in [-0.1, -0.05) is 0 Å². The van der Waals surface area contributed by atoms with Crippen LogP contribution >= 0.6 is 12.4 Å². The number of nitrogens with zero attached hydrogens (tertiary/aromatic N) is 1. The van der Waals surface area contributed by atoms with Gasteiger partial charge in [-0.05, 0) is 0 Å². The molecule has 0 fully saturated rings. The van der Waals surface area contributed by atoms with E-state index in [0.717, 1.165) is 0 Å². The molecule has 5 nitrogen and oxygen atoms in total. The summed E-state index contributed by atoms with van der Waals surface area (Å²) in [6.45, 7) is -0.359. The zero-order chi connectivity index (χ0) is 6.57. The first-order valence-corrected chi connectivity index (χ1v) is 1.90. The van der Waals surface area contributed by atoms with Crippen LogP contribution < -0.4 is 11.5 Å². The third kappa shape index (κ3) is 11.0. The Morgan fingerprint density at radius 1 is 1.56 bits per heavy atom. The third-order valence-corrected chi connectivity index (χ3v) is 0.397. The van der Waals surface area contributed by atoms with Crippen molar-refractivity contribution in [1.29, 1.82) is 0 Å². The van der Waals surface area contributed by atoms with E-state index < -0.39 is 5.97 Å². The van der Waals surface area contributed by atoms with Gasteiger partial charge in [0.25, 0.3) is 0 Å². The monoisotopic (exact) mass is 153 g/mol. The second kappa shape index (κ2) is 5.17. The number of carbonyl (C=O) groups is 1. The Labute approximate surface area is 58.2 Å². The molecule has 0 atom stereocenters. The van der Waals surface area contributed by atoms with E-state index in [1.165, 1.54) is 0 Å². The zero-order valence-corrected chi connectivity index (χ0v) is 5.39. The van der Waals surface area contributed by atoms with Crippen LogP contribution in [0.1, 0.15) is 0 Å². The molecule has 0 spiro atoms. The van der Waals surface area contributed by atoms with Crippen molar-refractivity contribution in [3.8, 4) is 0 Å². The van der Waals surface area contributed by atoms with Gasteiger partial charge in [-0.3, -0.25) is 4.79 Å². The van der Waals surface area contributed by atoms with Crippen LogP contribution in [0.3, 0.4) is 0 Å². The lowest BCUT2D eigenvalue weighted by atomic mass is 10.7. The van der Waals surface area contributed by atoms with Gasteiger partial charge in [0, 0.05) is 0 Å². The normalized spacial score (nSPS) is 7.11. The summed E-state index contributed by atoms with van der Waals surface area (Å²) >= 11 is 0. The molecule has 0 amide bonds. The zero-order valence-electron chi connectivity index (χ0n) is 4.57. The van der Waals surface area contributed by atoms with E-state index in [4.69, 9.17) is 16.6 Å². The van der Waals surface area contributed by atoms with Gasteiger partial charge in [-0.2, -0.15) is 0 Å². The van der Waals surface area contributed by atoms with Gasteiger partial charge >= 0.3 is 5.97 Å². The molecule has 0 heterocycles. The number of halogens is 1. The predicted molar refractivity (Wildman–Crippen MR) is 35.6 cm³/mol. The fourth-order valence-electron chi connectivity index (χ4n) is 0.159. The summed E-state index contributed by atoms with van der Waals surface area (Å²) in [5, 5.41) is 7.94. The highest BCUT2D eigenvalue weighted by Crippen LogP contribution is 1.65. The molecule has 0 radical (unpaired) electrons. The maximum Gasteiger partial charge on any atom is 0.325 e. The highest BCUT2D eigenvalue weighted by Gasteiger charge is 1.90. The summed E-state index contributed by atoms with van der Waals surface area (Å²) < 4.78 is 0. The summed E-state index contributed by atoms with van der Waals surface area (Å²) in [6.07, 6.45) is 0. The second-order valence-corrected chi connectivity index (χ2v) is 1.13. The molecule has 0 aliphatic carbocycles. The minimum Gasteiger partial charge on any atom is -0.480 e. The van der Waals surface area contributed by atoms with Crippen molar-refractivity contribution >= 4 is 24.3 Å². The first-order valence-electron chi connectivity index (χ1n) is 1.90. The van der Waals surface area contributed by atoms with Gasteiger partial charge in [-0.25, -0.2) is 4.99 Å². The van der Waals surface area contributed by atoms with Crippen molar-refractivity contribution in [2.24, 2.45) is 16.5 Å². The number of carboxylic acid groups (broad SMARTS) is 1. The van der Waals surface area contributed by atoms with Crippen molar-refractivity contribution in [1.82, 2.24) is 0 Å². The Balaban J connectivity index is 0. The summed E-state index contributed by atoms with van der Waals surface area (Å²) in [4.78, 5) is 12.9. The third-order valence-electron chi connectivity index (χ3n) is 0.397. The van der Waals surface area contributed by atoms with Crippen molar-refractivity contribution in [2.45, 2.75) is 0 Å². The summed E-state index contributed by atoms with van der Waals surface area (Å²) in [5.41, 5.74) is 9.61. The Bertz CT molecular complexity index is 120. The fourth-order valence-corrected chi connectivity index (χ4v) is 0.159. The lowest BCUT2D eigenvalue weighted by molar-refractivity contribution is -0.135. The molecule has 0 bridgehead atoms. The molecule has 0 rings (SSSR count). The Morgan fingerprint density at radius 2 is 2.00 bits per heavy atom. The summed E-state index contributed by atoms with van der Waals surface area (Å²) in [5.74, 6) is -1.24. The lowest BCUT2D eigenvalue weighted by Gasteiger charge is -1.85.